The van der Waals surface area contributed by atoms with Gasteiger partial charge in [0.2, 0.25) is 5.09 Å². The molecule has 0 amide bonds. The van der Waals surface area contributed by atoms with Crippen molar-refractivity contribution in [2.75, 3.05) is 12.3 Å². The van der Waals surface area contributed by atoms with Gasteiger partial charge in [0.1, 0.15) is 5.76 Å². The lowest BCUT2D eigenvalue weighted by atomic mass is 10.2. The van der Waals surface area contributed by atoms with Crippen molar-refractivity contribution in [2.24, 2.45) is 5.14 Å². The van der Waals surface area contributed by atoms with Crippen LogP contribution in [0.1, 0.15) is 25.0 Å². The Bertz CT molecular complexity index is 478. The van der Waals surface area contributed by atoms with E-state index in [0.29, 0.717) is 17.6 Å². The summed E-state index contributed by atoms with van der Waals surface area (Å²) in [5.41, 5.74) is 0. The Kier molecular flexibility index (Phi) is 4.71. The van der Waals surface area contributed by atoms with Crippen LogP contribution in [0.5, 0.6) is 0 Å². The van der Waals surface area contributed by atoms with E-state index in [9.17, 15) is 8.42 Å². The lowest BCUT2D eigenvalue weighted by Crippen LogP contribution is -2.26. The molecule has 0 spiro atoms. The number of hydrogen-bond donors (Lipinski definition) is 2. The van der Waals surface area contributed by atoms with Crippen molar-refractivity contribution in [2.45, 2.75) is 36.1 Å². The highest BCUT2D eigenvalue weighted by Gasteiger charge is 2.15. The van der Waals surface area contributed by atoms with E-state index in [4.69, 9.17) is 9.56 Å². The molecular formula is C11H18N2O3S2. The zero-order valence-corrected chi connectivity index (χ0v) is 11.7. The molecule has 1 aliphatic rings. The van der Waals surface area contributed by atoms with E-state index in [1.165, 1.54) is 31.1 Å². The molecule has 0 bridgehead atoms. The number of thioether (sulfide) groups is 1. The minimum atomic E-state index is -3.73. The summed E-state index contributed by atoms with van der Waals surface area (Å²) in [6.45, 7) is 1.46. The minimum absolute atomic E-state index is 0.175. The lowest BCUT2D eigenvalue weighted by molar-refractivity contribution is 0.401. The van der Waals surface area contributed by atoms with Crippen molar-refractivity contribution in [3.63, 3.8) is 0 Å². The lowest BCUT2D eigenvalue weighted by Gasteiger charge is -2.21. The van der Waals surface area contributed by atoms with Crippen molar-refractivity contribution in [1.82, 2.24) is 5.32 Å². The fraction of sp³-hybridized carbons (Fsp3) is 0.636. The zero-order valence-electron chi connectivity index (χ0n) is 10.1. The van der Waals surface area contributed by atoms with Crippen LogP contribution in [0.25, 0.3) is 0 Å². The normalized spacial score (nSPS) is 21.1. The van der Waals surface area contributed by atoms with Crippen molar-refractivity contribution >= 4 is 21.8 Å². The summed E-state index contributed by atoms with van der Waals surface area (Å²) in [5.74, 6) is 1.84. The van der Waals surface area contributed by atoms with Gasteiger partial charge < -0.3 is 9.73 Å². The van der Waals surface area contributed by atoms with Crippen LogP contribution in [0.2, 0.25) is 0 Å². The molecule has 1 fully saturated rings. The van der Waals surface area contributed by atoms with Gasteiger partial charge in [0, 0.05) is 11.8 Å². The third-order valence-corrected chi connectivity index (χ3v) is 5.04. The number of nitrogens with two attached hydrogens (primary N) is 1. The van der Waals surface area contributed by atoms with Crippen LogP contribution in [-0.2, 0) is 16.6 Å². The first-order valence-electron chi connectivity index (χ1n) is 5.99. The van der Waals surface area contributed by atoms with Gasteiger partial charge in [-0.25, -0.2) is 13.6 Å². The number of primary sulfonamides is 1. The molecule has 2 rings (SSSR count). The molecule has 0 aliphatic carbocycles. The second-order valence-electron chi connectivity index (χ2n) is 4.39. The maximum Gasteiger partial charge on any atom is 0.271 e. The van der Waals surface area contributed by atoms with E-state index >= 15 is 0 Å². The number of rotatable bonds is 5. The second kappa shape index (κ2) is 6.10. The van der Waals surface area contributed by atoms with Gasteiger partial charge in [0.25, 0.3) is 10.0 Å². The third-order valence-electron chi connectivity index (χ3n) is 2.86. The molecule has 1 unspecified atom stereocenters. The molecule has 0 saturated carbocycles. The van der Waals surface area contributed by atoms with Gasteiger partial charge >= 0.3 is 0 Å². The summed E-state index contributed by atoms with van der Waals surface area (Å²) in [4.78, 5) is 0. The van der Waals surface area contributed by atoms with Gasteiger partial charge in [-0.1, -0.05) is 6.42 Å². The summed E-state index contributed by atoms with van der Waals surface area (Å²) < 4.78 is 27.2. The van der Waals surface area contributed by atoms with Crippen molar-refractivity contribution < 1.29 is 12.8 Å². The molecule has 0 aromatic carbocycles. The Hall–Kier alpha value is -0.500. The second-order valence-corrected chi connectivity index (χ2v) is 7.29. The molecule has 1 saturated heterocycles. The molecule has 3 N–H and O–H groups in total. The molecule has 18 heavy (non-hydrogen) atoms. The molecule has 102 valence electrons. The maximum atomic E-state index is 11.0. The van der Waals surface area contributed by atoms with Gasteiger partial charge in [0.05, 0.1) is 6.54 Å². The predicted octanol–water partition coefficient (Wildman–Crippen LogP) is 1.30. The van der Waals surface area contributed by atoms with Crippen molar-refractivity contribution in [3.8, 4) is 0 Å². The van der Waals surface area contributed by atoms with Gasteiger partial charge in [0.15, 0.2) is 0 Å². The molecule has 1 aliphatic heterocycles. The van der Waals surface area contributed by atoms with Crippen LogP contribution in [0.3, 0.4) is 0 Å². The summed E-state index contributed by atoms with van der Waals surface area (Å²) in [5, 5.41) is 8.74. The largest absolute Gasteiger partial charge is 0.447 e. The average Bonchev–Trinajstić information content (AvgIpc) is 2.79. The Morgan fingerprint density at radius 3 is 2.89 bits per heavy atom. The third kappa shape index (κ3) is 4.01. The number of hydrogen-bond acceptors (Lipinski definition) is 5. The predicted molar refractivity (Wildman–Crippen MR) is 71.9 cm³/mol. The van der Waals surface area contributed by atoms with Crippen molar-refractivity contribution in [1.29, 1.82) is 0 Å². The highest BCUT2D eigenvalue weighted by atomic mass is 32.2. The van der Waals surface area contributed by atoms with E-state index in [-0.39, 0.29) is 5.09 Å². The standard InChI is InChI=1S/C11H18N2O3S2/c12-18(14,15)11-5-4-9(16-11)7-13-8-10-3-1-2-6-17-10/h4-5,10,13H,1-3,6-8H2,(H2,12,14,15). The Morgan fingerprint density at radius 2 is 2.28 bits per heavy atom. The quantitative estimate of drug-likeness (QED) is 0.854. The summed E-state index contributed by atoms with van der Waals surface area (Å²) in [6.07, 6.45) is 3.87. The molecule has 2 heterocycles. The molecule has 0 radical (unpaired) electrons. The van der Waals surface area contributed by atoms with Crippen LogP contribution in [-0.4, -0.2) is 26.0 Å². The summed E-state index contributed by atoms with van der Waals surface area (Å²) >= 11 is 2.00. The van der Waals surface area contributed by atoms with E-state index in [0.717, 1.165) is 6.54 Å². The first-order valence-corrected chi connectivity index (χ1v) is 8.59. The Morgan fingerprint density at radius 1 is 1.44 bits per heavy atom. The summed E-state index contributed by atoms with van der Waals surface area (Å²) in [6, 6.07) is 3.03. The average molecular weight is 290 g/mol. The molecular weight excluding hydrogens is 272 g/mol. The van der Waals surface area contributed by atoms with Gasteiger partial charge in [-0.15, -0.1) is 0 Å². The molecule has 1 aromatic heterocycles. The van der Waals surface area contributed by atoms with E-state index in [2.05, 4.69) is 5.32 Å². The highest BCUT2D eigenvalue weighted by Crippen LogP contribution is 2.24. The van der Waals surface area contributed by atoms with Crippen LogP contribution in [0, 0.1) is 0 Å². The highest BCUT2D eigenvalue weighted by molar-refractivity contribution is 7.99. The van der Waals surface area contributed by atoms with Crippen LogP contribution < -0.4 is 10.5 Å². The first kappa shape index (κ1) is 13.9. The fourth-order valence-corrected chi connectivity index (χ4v) is 3.68. The number of furan rings is 1. The smallest absolute Gasteiger partial charge is 0.271 e. The number of sulfonamides is 1. The van der Waals surface area contributed by atoms with Gasteiger partial charge in [-0.05, 0) is 30.7 Å². The van der Waals surface area contributed by atoms with E-state index in [1.54, 1.807) is 6.07 Å². The van der Waals surface area contributed by atoms with Gasteiger partial charge in [-0.2, -0.15) is 11.8 Å². The van der Waals surface area contributed by atoms with E-state index in [1.807, 2.05) is 11.8 Å². The zero-order chi connectivity index (χ0) is 13.0. The maximum absolute atomic E-state index is 11.0. The Balaban J connectivity index is 1.78. The van der Waals surface area contributed by atoms with Crippen LogP contribution >= 0.6 is 11.8 Å². The monoisotopic (exact) mass is 290 g/mol. The topological polar surface area (TPSA) is 85.3 Å². The fourth-order valence-electron chi connectivity index (χ4n) is 1.93. The first-order chi connectivity index (χ1) is 8.55. The molecule has 7 heteroatoms. The Labute approximate surface area is 112 Å². The van der Waals surface area contributed by atoms with Crippen LogP contribution in [0.4, 0.5) is 0 Å². The molecule has 1 atom stereocenters. The molecule has 5 nitrogen and oxygen atoms in total. The van der Waals surface area contributed by atoms with E-state index < -0.39 is 10.0 Å². The molecule has 1 aromatic rings. The van der Waals surface area contributed by atoms with Gasteiger partial charge in [-0.3, -0.25) is 0 Å². The number of nitrogens with one attached hydrogen (secondary N) is 1. The van der Waals surface area contributed by atoms with Crippen molar-refractivity contribution in [3.05, 3.63) is 17.9 Å². The minimum Gasteiger partial charge on any atom is -0.447 e. The van der Waals surface area contributed by atoms with Crippen LogP contribution in [0.15, 0.2) is 21.6 Å². The summed E-state index contributed by atoms with van der Waals surface area (Å²) in [7, 11) is -3.73. The SMILES string of the molecule is NS(=O)(=O)c1ccc(CNCC2CCCCS2)o1.